The molecule has 3 aromatic rings. The van der Waals surface area contributed by atoms with E-state index in [9.17, 15) is 9.59 Å². The molecule has 1 atom stereocenters. The molecular weight excluding hydrogens is 472 g/mol. The zero-order valence-corrected chi connectivity index (χ0v) is 22.6. The summed E-state index contributed by atoms with van der Waals surface area (Å²) >= 11 is 0. The van der Waals surface area contributed by atoms with Crippen LogP contribution in [0.25, 0.3) is 11.0 Å². The molecule has 1 amide bonds. The summed E-state index contributed by atoms with van der Waals surface area (Å²) in [6, 6.07) is 8.53. The predicted octanol–water partition coefficient (Wildman–Crippen LogP) is 4.66. The number of carbonyl (C=O) groups excluding carboxylic acids is 1. The van der Waals surface area contributed by atoms with E-state index in [2.05, 4.69) is 18.7 Å². The first kappa shape index (κ1) is 26.5. The van der Waals surface area contributed by atoms with Gasteiger partial charge in [0, 0.05) is 6.54 Å². The van der Waals surface area contributed by atoms with Crippen LogP contribution < -0.4 is 19.6 Å². The van der Waals surface area contributed by atoms with Gasteiger partial charge >= 0.3 is 0 Å². The molecule has 0 saturated heterocycles. The van der Waals surface area contributed by atoms with E-state index in [1.54, 1.807) is 44.4 Å². The van der Waals surface area contributed by atoms with Crippen LogP contribution in [0.15, 0.2) is 39.5 Å². The lowest BCUT2D eigenvalue weighted by atomic mass is 9.97. The monoisotopic (exact) mass is 508 g/mol. The molecule has 0 N–H and O–H groups in total. The van der Waals surface area contributed by atoms with Gasteiger partial charge < -0.3 is 28.4 Å². The highest BCUT2D eigenvalue weighted by atomic mass is 16.5. The minimum absolute atomic E-state index is 0.100. The SMILES string of the molecule is CCc1ccc2oc3c(c(=O)c2c1)C(c1cc(OC)c(OC)c(OC)c1)N(CCCN(CC)CC)C3=O. The molecule has 1 aliphatic rings. The van der Waals surface area contributed by atoms with Gasteiger partial charge in [-0.05, 0) is 67.9 Å². The molecule has 1 aromatic heterocycles. The lowest BCUT2D eigenvalue weighted by Crippen LogP contribution is -2.33. The molecule has 0 saturated carbocycles. The highest BCUT2D eigenvalue weighted by Crippen LogP contribution is 2.45. The highest BCUT2D eigenvalue weighted by Gasteiger charge is 2.43. The van der Waals surface area contributed by atoms with Crippen molar-refractivity contribution in [1.29, 1.82) is 0 Å². The summed E-state index contributed by atoms with van der Waals surface area (Å²) in [6.45, 7) is 9.47. The lowest BCUT2D eigenvalue weighted by Gasteiger charge is -2.27. The normalized spacial score (nSPS) is 14.9. The Bertz CT molecular complexity index is 1320. The van der Waals surface area contributed by atoms with Crippen LogP contribution >= 0.6 is 0 Å². The first-order valence-corrected chi connectivity index (χ1v) is 12.8. The van der Waals surface area contributed by atoms with Crippen molar-refractivity contribution in [2.45, 2.75) is 39.7 Å². The Morgan fingerprint density at radius 2 is 1.62 bits per heavy atom. The molecule has 0 aliphatic carbocycles. The Kier molecular flexibility index (Phi) is 8.07. The zero-order chi connectivity index (χ0) is 26.7. The topological polar surface area (TPSA) is 81.5 Å². The van der Waals surface area contributed by atoms with Crippen molar-refractivity contribution in [2.24, 2.45) is 0 Å². The molecule has 0 fully saturated rings. The number of hydrogen-bond acceptors (Lipinski definition) is 7. The minimum Gasteiger partial charge on any atom is -0.493 e. The van der Waals surface area contributed by atoms with Crippen LogP contribution in [0.2, 0.25) is 0 Å². The summed E-state index contributed by atoms with van der Waals surface area (Å²) in [4.78, 5) is 31.7. The molecule has 1 aliphatic heterocycles. The number of methoxy groups -OCH3 is 3. The van der Waals surface area contributed by atoms with Crippen molar-refractivity contribution >= 4 is 16.9 Å². The van der Waals surface area contributed by atoms with Crippen molar-refractivity contribution in [3.63, 3.8) is 0 Å². The largest absolute Gasteiger partial charge is 0.493 e. The standard InChI is InChI=1S/C29H36N2O6/c1-7-18-11-12-21-20(15-18)26(32)24-25(19-16-22(34-4)27(36-6)23(17-19)35-5)31(29(33)28(24)37-21)14-10-13-30(8-2)9-3/h11-12,15-17,25H,7-10,13-14H2,1-6H3. The fraction of sp³-hybridized carbons (Fsp3) is 0.448. The maximum Gasteiger partial charge on any atom is 0.290 e. The van der Waals surface area contributed by atoms with E-state index in [1.807, 2.05) is 19.1 Å². The average Bonchev–Trinajstić information content (AvgIpc) is 3.21. The van der Waals surface area contributed by atoms with E-state index >= 15 is 0 Å². The summed E-state index contributed by atoms with van der Waals surface area (Å²) < 4.78 is 22.8. The molecule has 0 bridgehead atoms. The smallest absolute Gasteiger partial charge is 0.290 e. The van der Waals surface area contributed by atoms with Crippen LogP contribution in [0.3, 0.4) is 0 Å². The molecule has 8 nitrogen and oxygen atoms in total. The number of ether oxygens (including phenoxy) is 3. The van der Waals surface area contributed by atoms with Crippen LogP contribution in [0, 0.1) is 0 Å². The Labute approximate surface area is 217 Å². The minimum atomic E-state index is -0.640. The van der Waals surface area contributed by atoms with Gasteiger partial charge in [-0.15, -0.1) is 0 Å². The molecule has 2 aromatic carbocycles. The second-order valence-corrected chi connectivity index (χ2v) is 9.10. The maximum atomic E-state index is 13.9. The van der Waals surface area contributed by atoms with Gasteiger partial charge in [0.25, 0.3) is 5.91 Å². The third-order valence-corrected chi connectivity index (χ3v) is 7.21. The molecule has 1 unspecified atom stereocenters. The molecule has 0 radical (unpaired) electrons. The van der Waals surface area contributed by atoms with E-state index < -0.39 is 6.04 Å². The van der Waals surface area contributed by atoms with Gasteiger partial charge in [0.05, 0.1) is 38.3 Å². The fourth-order valence-electron chi connectivity index (χ4n) is 5.13. The van der Waals surface area contributed by atoms with Gasteiger partial charge in [-0.2, -0.15) is 0 Å². The maximum absolute atomic E-state index is 13.9. The van der Waals surface area contributed by atoms with Crippen LogP contribution in [0.1, 0.15) is 60.5 Å². The number of carbonyl (C=O) groups is 1. The molecule has 8 heteroatoms. The van der Waals surface area contributed by atoms with E-state index in [-0.39, 0.29) is 17.1 Å². The summed E-state index contributed by atoms with van der Waals surface area (Å²) in [5.41, 5.74) is 2.31. The highest BCUT2D eigenvalue weighted by molar-refractivity contribution is 5.99. The van der Waals surface area contributed by atoms with Crippen LogP contribution in [0.5, 0.6) is 17.2 Å². The molecular formula is C29H36N2O6. The van der Waals surface area contributed by atoms with Gasteiger partial charge in [0.15, 0.2) is 16.9 Å². The van der Waals surface area contributed by atoms with Crippen molar-refractivity contribution < 1.29 is 23.4 Å². The number of hydrogen-bond donors (Lipinski definition) is 0. The van der Waals surface area contributed by atoms with Crippen LogP contribution in [-0.4, -0.2) is 63.2 Å². The van der Waals surface area contributed by atoms with E-state index in [0.29, 0.717) is 45.9 Å². The molecule has 4 rings (SSSR count). The molecule has 198 valence electrons. The number of aryl methyl sites for hydroxylation is 1. The first-order chi connectivity index (χ1) is 17.9. The Hall–Kier alpha value is -3.52. The summed E-state index contributed by atoms with van der Waals surface area (Å²) in [5, 5.41) is 0.480. The Morgan fingerprint density at radius 3 is 2.19 bits per heavy atom. The predicted molar refractivity (Wildman–Crippen MR) is 143 cm³/mol. The number of amides is 1. The number of benzene rings is 2. The third-order valence-electron chi connectivity index (χ3n) is 7.21. The van der Waals surface area contributed by atoms with E-state index in [4.69, 9.17) is 18.6 Å². The van der Waals surface area contributed by atoms with Gasteiger partial charge in [-0.25, -0.2) is 0 Å². The third kappa shape index (κ3) is 4.78. The lowest BCUT2D eigenvalue weighted by molar-refractivity contribution is 0.0719. The van der Waals surface area contributed by atoms with Gasteiger partial charge in [-0.3, -0.25) is 9.59 Å². The average molecular weight is 509 g/mol. The van der Waals surface area contributed by atoms with E-state index in [0.717, 1.165) is 38.0 Å². The second-order valence-electron chi connectivity index (χ2n) is 9.10. The number of rotatable bonds is 11. The number of nitrogens with zero attached hydrogens (tertiary/aromatic N) is 2. The molecule has 2 heterocycles. The quantitative estimate of drug-likeness (QED) is 0.373. The second kappa shape index (κ2) is 11.3. The fourth-order valence-corrected chi connectivity index (χ4v) is 5.13. The van der Waals surface area contributed by atoms with Crippen LogP contribution in [0.4, 0.5) is 0 Å². The van der Waals surface area contributed by atoms with Gasteiger partial charge in [0.2, 0.25) is 11.5 Å². The Balaban J connectivity index is 1.90. The summed E-state index contributed by atoms with van der Waals surface area (Å²) in [6.07, 6.45) is 1.55. The van der Waals surface area contributed by atoms with Crippen molar-refractivity contribution in [2.75, 3.05) is 47.5 Å². The first-order valence-electron chi connectivity index (χ1n) is 12.8. The molecule has 37 heavy (non-hydrogen) atoms. The van der Waals surface area contributed by atoms with Crippen LogP contribution in [-0.2, 0) is 6.42 Å². The summed E-state index contributed by atoms with van der Waals surface area (Å²) in [5.74, 6) is 1.18. The van der Waals surface area contributed by atoms with E-state index in [1.165, 1.54) is 0 Å². The van der Waals surface area contributed by atoms with Crippen molar-refractivity contribution in [1.82, 2.24) is 9.80 Å². The van der Waals surface area contributed by atoms with Gasteiger partial charge in [0.1, 0.15) is 5.58 Å². The number of fused-ring (bicyclic) bond motifs is 2. The Morgan fingerprint density at radius 1 is 0.946 bits per heavy atom. The zero-order valence-electron chi connectivity index (χ0n) is 22.6. The van der Waals surface area contributed by atoms with Gasteiger partial charge in [-0.1, -0.05) is 26.8 Å². The van der Waals surface area contributed by atoms with Crippen molar-refractivity contribution in [3.8, 4) is 17.2 Å². The van der Waals surface area contributed by atoms with Crippen molar-refractivity contribution in [3.05, 3.63) is 63.0 Å². The molecule has 0 spiro atoms. The summed E-state index contributed by atoms with van der Waals surface area (Å²) in [7, 11) is 4.63.